The second kappa shape index (κ2) is 8.11. The molecule has 8 nitrogen and oxygen atoms in total. The lowest BCUT2D eigenvalue weighted by molar-refractivity contribution is -0.132. The van der Waals surface area contributed by atoms with Crippen LogP contribution in [0.4, 0.5) is 0 Å². The quantitative estimate of drug-likeness (QED) is 0.250. The van der Waals surface area contributed by atoms with Crippen LogP contribution >= 0.6 is 0 Å². The maximum atomic E-state index is 11.3. The van der Waals surface area contributed by atoms with Gasteiger partial charge >= 0.3 is 0 Å². The Balaban J connectivity index is 4.48. The Labute approximate surface area is 104 Å². The fourth-order valence-electron chi connectivity index (χ4n) is 1.26. The smallest absolute Gasteiger partial charge is 0.223 e. The molecule has 0 saturated heterocycles. The number of amides is 1. The zero-order valence-corrected chi connectivity index (χ0v) is 9.93. The molecular weight excluding hydrogens is 246 g/mol. The summed E-state index contributed by atoms with van der Waals surface area (Å²) in [5.74, 6) is -0.688. The standard InChI is InChI=1S/C10H19NO7/c1-5(14)2-8(16)11-6(3-12)9(17)10(18)7(15)4-13/h3,5-7,9-10,13-15,17-18H,2,4H2,1H3,(H,11,16)/t5?,6-,7+,9+,10+/m0/s1. The fraction of sp³-hybridized carbons (Fsp3) is 0.800. The van der Waals surface area contributed by atoms with E-state index in [-0.39, 0.29) is 12.7 Å². The Hall–Kier alpha value is -1.06. The van der Waals surface area contributed by atoms with Crippen LogP contribution in [0.1, 0.15) is 13.3 Å². The molecule has 0 radical (unpaired) electrons. The Kier molecular flexibility index (Phi) is 7.64. The van der Waals surface area contributed by atoms with Crippen molar-refractivity contribution in [2.75, 3.05) is 6.61 Å². The zero-order valence-electron chi connectivity index (χ0n) is 9.93. The van der Waals surface area contributed by atoms with Gasteiger partial charge in [0.25, 0.3) is 0 Å². The molecule has 0 aliphatic heterocycles. The van der Waals surface area contributed by atoms with Crippen molar-refractivity contribution < 1.29 is 35.1 Å². The third-order valence-corrected chi connectivity index (χ3v) is 2.25. The van der Waals surface area contributed by atoms with Crippen LogP contribution in [0.3, 0.4) is 0 Å². The van der Waals surface area contributed by atoms with Crippen molar-refractivity contribution in [1.82, 2.24) is 5.32 Å². The van der Waals surface area contributed by atoms with Gasteiger partial charge in [0.05, 0.1) is 19.1 Å². The van der Waals surface area contributed by atoms with E-state index in [1.165, 1.54) is 6.92 Å². The third-order valence-electron chi connectivity index (χ3n) is 2.25. The number of rotatable bonds is 8. The first-order valence-electron chi connectivity index (χ1n) is 5.41. The monoisotopic (exact) mass is 265 g/mol. The molecule has 0 heterocycles. The molecule has 0 rings (SSSR count). The van der Waals surface area contributed by atoms with Crippen molar-refractivity contribution in [2.24, 2.45) is 0 Å². The van der Waals surface area contributed by atoms with Crippen LogP contribution in [0.25, 0.3) is 0 Å². The highest BCUT2D eigenvalue weighted by Gasteiger charge is 2.31. The molecule has 0 fully saturated rings. The van der Waals surface area contributed by atoms with Gasteiger partial charge in [-0.05, 0) is 6.92 Å². The van der Waals surface area contributed by atoms with Gasteiger partial charge in [-0.15, -0.1) is 0 Å². The average Bonchev–Trinajstić information content (AvgIpc) is 2.32. The fourth-order valence-corrected chi connectivity index (χ4v) is 1.26. The molecule has 8 heteroatoms. The minimum atomic E-state index is -1.78. The highest BCUT2D eigenvalue weighted by atomic mass is 16.4. The molecule has 1 unspecified atom stereocenters. The first kappa shape index (κ1) is 16.9. The molecule has 6 N–H and O–H groups in total. The molecule has 0 aromatic carbocycles. The van der Waals surface area contributed by atoms with Crippen molar-refractivity contribution in [1.29, 1.82) is 0 Å². The van der Waals surface area contributed by atoms with E-state index in [4.69, 9.17) is 15.3 Å². The van der Waals surface area contributed by atoms with E-state index >= 15 is 0 Å². The highest BCUT2D eigenvalue weighted by Crippen LogP contribution is 2.04. The van der Waals surface area contributed by atoms with Crippen molar-refractivity contribution >= 4 is 12.2 Å². The summed E-state index contributed by atoms with van der Waals surface area (Å²) in [6.07, 6.45) is -6.16. The van der Waals surface area contributed by atoms with Gasteiger partial charge in [0.15, 0.2) is 0 Å². The van der Waals surface area contributed by atoms with Gasteiger partial charge in [-0.25, -0.2) is 0 Å². The molecule has 0 saturated carbocycles. The van der Waals surface area contributed by atoms with E-state index < -0.39 is 43.0 Å². The average molecular weight is 265 g/mol. The summed E-state index contributed by atoms with van der Waals surface area (Å²) < 4.78 is 0. The maximum absolute atomic E-state index is 11.3. The SMILES string of the molecule is CC(O)CC(=O)N[C@@H](C=O)[C@@H](O)[C@H](O)[C@H](O)CO. The van der Waals surface area contributed by atoms with E-state index in [1.807, 2.05) is 0 Å². The Morgan fingerprint density at radius 2 is 1.78 bits per heavy atom. The molecule has 18 heavy (non-hydrogen) atoms. The second-order valence-corrected chi connectivity index (χ2v) is 4.01. The third kappa shape index (κ3) is 5.52. The predicted octanol–water partition coefficient (Wildman–Crippen LogP) is -3.48. The lowest BCUT2D eigenvalue weighted by Crippen LogP contribution is -2.53. The van der Waals surface area contributed by atoms with Gasteiger partial charge in [-0.2, -0.15) is 0 Å². The number of hydrogen-bond donors (Lipinski definition) is 6. The normalized spacial score (nSPS) is 19.4. The minimum Gasteiger partial charge on any atom is -0.394 e. The van der Waals surface area contributed by atoms with E-state index in [0.717, 1.165) is 0 Å². The number of carbonyl (C=O) groups excluding carboxylic acids is 2. The number of aliphatic hydroxyl groups excluding tert-OH is 5. The van der Waals surface area contributed by atoms with E-state index in [1.54, 1.807) is 0 Å². The summed E-state index contributed by atoms with van der Waals surface area (Å²) in [6, 6.07) is -1.44. The Morgan fingerprint density at radius 3 is 2.17 bits per heavy atom. The molecule has 0 bridgehead atoms. The number of aliphatic hydroxyl groups is 5. The molecule has 1 amide bonds. The van der Waals surface area contributed by atoms with Gasteiger partial charge in [0.2, 0.25) is 5.91 Å². The lowest BCUT2D eigenvalue weighted by atomic mass is 10.0. The van der Waals surface area contributed by atoms with Crippen molar-refractivity contribution in [3.8, 4) is 0 Å². The lowest BCUT2D eigenvalue weighted by Gasteiger charge is -2.26. The topological polar surface area (TPSA) is 147 Å². The summed E-state index contributed by atoms with van der Waals surface area (Å²) in [5.41, 5.74) is 0. The van der Waals surface area contributed by atoms with Crippen LogP contribution in [0.15, 0.2) is 0 Å². The van der Waals surface area contributed by atoms with E-state index in [2.05, 4.69) is 5.32 Å². The summed E-state index contributed by atoms with van der Waals surface area (Å²) >= 11 is 0. The zero-order chi connectivity index (χ0) is 14.3. The summed E-state index contributed by atoms with van der Waals surface area (Å²) in [4.78, 5) is 21.9. The number of hydrogen-bond acceptors (Lipinski definition) is 7. The molecule has 0 spiro atoms. The van der Waals surface area contributed by atoms with Gasteiger partial charge in [0, 0.05) is 0 Å². The predicted molar refractivity (Wildman–Crippen MR) is 59.4 cm³/mol. The second-order valence-electron chi connectivity index (χ2n) is 4.01. The van der Waals surface area contributed by atoms with Crippen LogP contribution in [-0.4, -0.2) is 74.8 Å². The maximum Gasteiger partial charge on any atom is 0.223 e. The summed E-state index contributed by atoms with van der Waals surface area (Å²) in [6.45, 7) is 0.571. The van der Waals surface area contributed by atoms with Crippen LogP contribution in [0, 0.1) is 0 Å². The first-order valence-corrected chi connectivity index (χ1v) is 5.41. The van der Waals surface area contributed by atoms with Gasteiger partial charge in [-0.1, -0.05) is 0 Å². The number of nitrogens with one attached hydrogen (secondary N) is 1. The van der Waals surface area contributed by atoms with E-state index in [0.29, 0.717) is 0 Å². The van der Waals surface area contributed by atoms with Gasteiger partial charge in [-0.3, -0.25) is 4.79 Å². The van der Waals surface area contributed by atoms with Gasteiger partial charge in [0.1, 0.15) is 30.6 Å². The molecular formula is C10H19NO7. The molecule has 0 aliphatic rings. The molecule has 0 aromatic rings. The van der Waals surface area contributed by atoms with Crippen LogP contribution in [0.2, 0.25) is 0 Å². The van der Waals surface area contributed by atoms with Crippen molar-refractivity contribution in [3.05, 3.63) is 0 Å². The molecule has 5 atom stereocenters. The largest absolute Gasteiger partial charge is 0.394 e. The first-order chi connectivity index (χ1) is 8.33. The van der Waals surface area contributed by atoms with Crippen LogP contribution in [0.5, 0.6) is 0 Å². The highest BCUT2D eigenvalue weighted by molar-refractivity contribution is 5.80. The molecule has 0 aromatic heterocycles. The summed E-state index contributed by atoms with van der Waals surface area (Å²) in [7, 11) is 0. The number of aldehydes is 1. The van der Waals surface area contributed by atoms with Crippen LogP contribution < -0.4 is 5.32 Å². The Morgan fingerprint density at radius 1 is 1.22 bits per heavy atom. The van der Waals surface area contributed by atoms with Crippen molar-refractivity contribution in [3.63, 3.8) is 0 Å². The summed E-state index contributed by atoms with van der Waals surface area (Å²) in [5, 5.41) is 47.6. The Bertz CT molecular complexity index is 271. The molecule has 106 valence electrons. The van der Waals surface area contributed by atoms with Gasteiger partial charge < -0.3 is 35.6 Å². The van der Waals surface area contributed by atoms with Crippen molar-refractivity contribution in [2.45, 2.75) is 43.8 Å². The van der Waals surface area contributed by atoms with Crippen LogP contribution in [-0.2, 0) is 9.59 Å². The molecule has 0 aliphatic carbocycles. The number of carbonyl (C=O) groups is 2. The minimum absolute atomic E-state index is 0.192. The van der Waals surface area contributed by atoms with E-state index in [9.17, 15) is 19.8 Å².